The van der Waals surface area contributed by atoms with E-state index in [4.69, 9.17) is 16.3 Å². The van der Waals surface area contributed by atoms with Crippen LogP contribution in [0, 0.1) is 0 Å². The second-order valence-corrected chi connectivity index (χ2v) is 6.50. The summed E-state index contributed by atoms with van der Waals surface area (Å²) < 4.78 is 6.32. The lowest BCUT2D eigenvalue weighted by molar-refractivity contribution is 0.0860. The number of hydrogen-bond acceptors (Lipinski definition) is 3. The monoisotopic (exact) mass is 302 g/mol. The van der Waals surface area contributed by atoms with Gasteiger partial charge in [0.15, 0.2) is 0 Å². The number of amides is 2. The van der Waals surface area contributed by atoms with Crippen molar-refractivity contribution in [3.63, 3.8) is 0 Å². The van der Waals surface area contributed by atoms with E-state index < -0.39 is 0 Å². The molecule has 0 saturated carbocycles. The molecule has 2 N–H and O–H groups in total. The fourth-order valence-corrected chi connectivity index (χ4v) is 3.22. The highest BCUT2D eigenvalue weighted by Crippen LogP contribution is 2.21. The van der Waals surface area contributed by atoms with Crippen LogP contribution in [-0.2, 0) is 11.2 Å². The van der Waals surface area contributed by atoms with E-state index in [2.05, 4.69) is 10.6 Å². The highest BCUT2D eigenvalue weighted by atomic mass is 35.5. The second-order valence-electron chi connectivity index (χ2n) is 4.70. The van der Waals surface area contributed by atoms with E-state index in [1.54, 1.807) is 11.3 Å². The van der Waals surface area contributed by atoms with E-state index in [-0.39, 0.29) is 18.2 Å². The first-order valence-electron chi connectivity index (χ1n) is 6.55. The summed E-state index contributed by atoms with van der Waals surface area (Å²) in [4.78, 5) is 12.9. The summed E-state index contributed by atoms with van der Waals surface area (Å²) in [7, 11) is 0. The third-order valence-electron chi connectivity index (χ3n) is 3.17. The molecule has 1 fully saturated rings. The number of thiophene rings is 1. The molecule has 1 aliphatic rings. The van der Waals surface area contributed by atoms with Crippen LogP contribution in [0.15, 0.2) is 12.1 Å². The Labute approximate surface area is 122 Å². The summed E-state index contributed by atoms with van der Waals surface area (Å²) in [5.41, 5.74) is 0. The van der Waals surface area contributed by atoms with Gasteiger partial charge in [0, 0.05) is 18.0 Å². The predicted octanol–water partition coefficient (Wildman–Crippen LogP) is 2.81. The first kappa shape index (κ1) is 14.6. The minimum Gasteiger partial charge on any atom is -0.376 e. The zero-order valence-electron chi connectivity index (χ0n) is 10.9. The van der Waals surface area contributed by atoms with Crippen molar-refractivity contribution in [3.05, 3.63) is 21.3 Å². The first-order chi connectivity index (χ1) is 9.15. The maximum absolute atomic E-state index is 11.7. The average molecular weight is 303 g/mol. The van der Waals surface area contributed by atoms with Crippen molar-refractivity contribution in [2.75, 3.05) is 13.2 Å². The van der Waals surface area contributed by atoms with Gasteiger partial charge in [-0.15, -0.1) is 11.3 Å². The lowest BCUT2D eigenvalue weighted by atomic mass is 10.1. The highest BCUT2D eigenvalue weighted by Gasteiger charge is 2.23. The van der Waals surface area contributed by atoms with E-state index in [9.17, 15) is 4.79 Å². The summed E-state index contributed by atoms with van der Waals surface area (Å²) in [5.74, 6) is 0. The molecule has 2 rings (SSSR count). The summed E-state index contributed by atoms with van der Waals surface area (Å²) in [6, 6.07) is 3.78. The third-order valence-corrected chi connectivity index (χ3v) is 4.46. The van der Waals surface area contributed by atoms with Crippen LogP contribution in [0.3, 0.4) is 0 Å². The summed E-state index contributed by atoms with van der Waals surface area (Å²) in [6.07, 6.45) is 3.06. The molecule has 1 aromatic rings. The van der Waals surface area contributed by atoms with Gasteiger partial charge in [-0.1, -0.05) is 11.6 Å². The molecule has 2 amide bonds. The molecule has 6 heteroatoms. The molecule has 0 spiro atoms. The minimum absolute atomic E-state index is 0.0543. The van der Waals surface area contributed by atoms with E-state index in [1.165, 1.54) is 4.88 Å². The number of carbonyl (C=O) groups excluding carboxylic acids is 1. The number of hydrogen-bond donors (Lipinski definition) is 2. The molecule has 1 saturated heterocycles. The van der Waals surface area contributed by atoms with Gasteiger partial charge in [-0.25, -0.2) is 4.79 Å². The Morgan fingerprint density at radius 1 is 1.63 bits per heavy atom. The van der Waals surface area contributed by atoms with Crippen molar-refractivity contribution in [2.45, 2.75) is 38.3 Å². The van der Waals surface area contributed by atoms with Crippen molar-refractivity contribution >= 4 is 29.0 Å². The smallest absolute Gasteiger partial charge is 0.315 e. The Morgan fingerprint density at radius 3 is 3.11 bits per heavy atom. The lowest BCUT2D eigenvalue weighted by Crippen LogP contribution is -2.46. The molecule has 2 heterocycles. The number of ether oxygens (including phenoxy) is 1. The van der Waals surface area contributed by atoms with Gasteiger partial charge in [0.2, 0.25) is 0 Å². The Morgan fingerprint density at radius 2 is 2.47 bits per heavy atom. The standard InChI is InChI=1S/C13H19ClN2O2S/c1-9(11-3-2-8-18-11)16-13(17)15-7-6-10-4-5-12(14)19-10/h4-5,9,11H,2-3,6-8H2,1H3,(H2,15,16,17)/t9-,11-/m1/s1. The summed E-state index contributed by atoms with van der Waals surface area (Å²) in [6.45, 7) is 3.40. The summed E-state index contributed by atoms with van der Waals surface area (Å²) >= 11 is 7.40. The molecule has 1 aliphatic heterocycles. The fourth-order valence-electron chi connectivity index (χ4n) is 2.13. The Bertz CT molecular complexity index is 419. The zero-order valence-corrected chi connectivity index (χ0v) is 12.5. The van der Waals surface area contributed by atoms with Crippen LogP contribution in [0.1, 0.15) is 24.6 Å². The van der Waals surface area contributed by atoms with Gasteiger partial charge >= 0.3 is 6.03 Å². The molecule has 0 aliphatic carbocycles. The van der Waals surface area contributed by atoms with Gasteiger partial charge in [-0.2, -0.15) is 0 Å². The van der Waals surface area contributed by atoms with Gasteiger partial charge in [0.25, 0.3) is 0 Å². The molecule has 1 aromatic heterocycles. The topological polar surface area (TPSA) is 50.4 Å². The van der Waals surface area contributed by atoms with Crippen LogP contribution in [-0.4, -0.2) is 31.3 Å². The van der Waals surface area contributed by atoms with E-state index in [1.807, 2.05) is 19.1 Å². The minimum atomic E-state index is -0.134. The van der Waals surface area contributed by atoms with Crippen LogP contribution in [0.25, 0.3) is 0 Å². The van der Waals surface area contributed by atoms with Crippen molar-refractivity contribution in [2.24, 2.45) is 0 Å². The van der Waals surface area contributed by atoms with Crippen LogP contribution in [0.5, 0.6) is 0 Å². The van der Waals surface area contributed by atoms with Crippen molar-refractivity contribution < 1.29 is 9.53 Å². The van der Waals surface area contributed by atoms with Gasteiger partial charge in [-0.05, 0) is 38.3 Å². The van der Waals surface area contributed by atoms with Gasteiger partial charge in [0.1, 0.15) is 0 Å². The molecule has 0 unspecified atom stereocenters. The number of halogens is 1. The maximum atomic E-state index is 11.7. The van der Waals surface area contributed by atoms with E-state index >= 15 is 0 Å². The maximum Gasteiger partial charge on any atom is 0.315 e. The molecular weight excluding hydrogens is 284 g/mol. The molecular formula is C13H19ClN2O2S. The zero-order chi connectivity index (χ0) is 13.7. The largest absolute Gasteiger partial charge is 0.376 e. The lowest BCUT2D eigenvalue weighted by Gasteiger charge is -2.20. The SMILES string of the molecule is C[C@@H](NC(=O)NCCc1ccc(Cl)s1)[C@H]1CCCO1. The predicted molar refractivity (Wildman–Crippen MR) is 78.0 cm³/mol. The number of urea groups is 1. The molecule has 0 bridgehead atoms. The second kappa shape index (κ2) is 7.12. The average Bonchev–Trinajstić information content (AvgIpc) is 3.00. The van der Waals surface area contributed by atoms with Crippen LogP contribution in [0.4, 0.5) is 4.79 Å². The number of rotatable bonds is 5. The molecule has 0 aromatic carbocycles. The van der Waals surface area contributed by atoms with Crippen molar-refractivity contribution in [1.82, 2.24) is 10.6 Å². The quantitative estimate of drug-likeness (QED) is 0.879. The Hall–Kier alpha value is -0.780. The van der Waals surface area contributed by atoms with Gasteiger partial charge in [0.05, 0.1) is 16.5 Å². The summed E-state index contributed by atoms with van der Waals surface area (Å²) in [5, 5.41) is 5.77. The molecule has 4 nitrogen and oxygen atoms in total. The molecule has 0 radical (unpaired) electrons. The highest BCUT2D eigenvalue weighted by molar-refractivity contribution is 7.16. The molecule has 106 valence electrons. The van der Waals surface area contributed by atoms with Crippen LogP contribution in [0.2, 0.25) is 4.34 Å². The van der Waals surface area contributed by atoms with E-state index in [0.717, 1.165) is 30.2 Å². The molecule has 19 heavy (non-hydrogen) atoms. The normalized spacial score (nSPS) is 20.2. The number of nitrogens with one attached hydrogen (secondary N) is 2. The first-order valence-corrected chi connectivity index (χ1v) is 7.75. The fraction of sp³-hybridized carbons (Fsp3) is 0.615. The van der Waals surface area contributed by atoms with Gasteiger partial charge < -0.3 is 15.4 Å². The Balaban J connectivity index is 1.64. The Kier molecular flexibility index (Phi) is 5.48. The third kappa shape index (κ3) is 4.67. The number of carbonyl (C=O) groups is 1. The molecule has 2 atom stereocenters. The van der Waals surface area contributed by atoms with Crippen molar-refractivity contribution in [1.29, 1.82) is 0 Å². The van der Waals surface area contributed by atoms with Crippen LogP contribution >= 0.6 is 22.9 Å². The van der Waals surface area contributed by atoms with Crippen molar-refractivity contribution in [3.8, 4) is 0 Å². The van der Waals surface area contributed by atoms with Crippen LogP contribution < -0.4 is 10.6 Å². The van der Waals surface area contributed by atoms with Gasteiger partial charge in [-0.3, -0.25) is 0 Å². The van der Waals surface area contributed by atoms with E-state index in [0.29, 0.717) is 6.54 Å².